The number of rotatable bonds is 4. The molecule has 2 aliphatic rings. The van der Waals surface area contributed by atoms with Gasteiger partial charge in [-0.15, -0.1) is 0 Å². The monoisotopic (exact) mass is 290 g/mol. The molecule has 1 aliphatic carbocycles. The third-order valence-corrected chi connectivity index (χ3v) is 6.47. The van der Waals surface area contributed by atoms with Gasteiger partial charge in [-0.1, -0.05) is 6.42 Å². The second kappa shape index (κ2) is 5.68. The van der Waals surface area contributed by atoms with Crippen LogP contribution < -0.4 is 11.3 Å². The zero-order valence-electron chi connectivity index (χ0n) is 11.9. The highest BCUT2D eigenvalue weighted by molar-refractivity contribution is 7.91. The highest BCUT2D eigenvalue weighted by Crippen LogP contribution is 2.38. The molecule has 0 aromatic heterocycles. The third kappa shape index (κ3) is 3.29. The van der Waals surface area contributed by atoms with Crippen molar-refractivity contribution in [2.75, 3.05) is 12.9 Å². The van der Waals surface area contributed by atoms with Crippen molar-refractivity contribution in [3.05, 3.63) is 0 Å². The lowest BCUT2D eigenvalue weighted by atomic mass is 9.76. The van der Waals surface area contributed by atoms with Gasteiger partial charge in [0.25, 0.3) is 0 Å². The average molecular weight is 290 g/mol. The maximum atomic E-state index is 11.8. The van der Waals surface area contributed by atoms with Crippen LogP contribution in [0.2, 0.25) is 0 Å². The summed E-state index contributed by atoms with van der Waals surface area (Å²) in [6.07, 6.45) is 6.85. The molecule has 0 amide bonds. The largest absolute Gasteiger partial charge is 0.374 e. The van der Waals surface area contributed by atoms with Crippen molar-refractivity contribution >= 4 is 9.84 Å². The first kappa shape index (κ1) is 15.2. The lowest BCUT2D eigenvalue weighted by Gasteiger charge is -2.41. The predicted octanol–water partition coefficient (Wildman–Crippen LogP) is 0.991. The highest BCUT2D eigenvalue weighted by atomic mass is 32.2. The van der Waals surface area contributed by atoms with Crippen LogP contribution in [0.5, 0.6) is 0 Å². The molecule has 1 heterocycles. The second-order valence-electron chi connectivity index (χ2n) is 6.29. The molecule has 19 heavy (non-hydrogen) atoms. The third-order valence-electron chi connectivity index (χ3n) is 4.83. The fourth-order valence-electron chi connectivity index (χ4n) is 3.73. The molecule has 1 saturated heterocycles. The van der Waals surface area contributed by atoms with E-state index in [2.05, 4.69) is 12.3 Å². The van der Waals surface area contributed by atoms with Gasteiger partial charge in [0.2, 0.25) is 0 Å². The van der Waals surface area contributed by atoms with Crippen LogP contribution in [-0.4, -0.2) is 38.2 Å². The summed E-state index contributed by atoms with van der Waals surface area (Å²) in [7, 11) is -2.95. The van der Waals surface area contributed by atoms with Crippen LogP contribution >= 0.6 is 0 Å². The molecule has 6 heteroatoms. The summed E-state index contributed by atoms with van der Waals surface area (Å²) in [5.41, 5.74) is 2.66. The number of ether oxygens (including phenoxy) is 1. The average Bonchev–Trinajstić information content (AvgIpc) is 2.77. The van der Waals surface area contributed by atoms with Gasteiger partial charge in [-0.3, -0.25) is 11.3 Å². The lowest BCUT2D eigenvalue weighted by Crippen LogP contribution is -2.56. The van der Waals surface area contributed by atoms with E-state index in [1.165, 1.54) is 6.26 Å². The zero-order chi connectivity index (χ0) is 14.1. The molecule has 112 valence electrons. The van der Waals surface area contributed by atoms with Crippen molar-refractivity contribution in [2.24, 2.45) is 11.8 Å². The minimum atomic E-state index is -2.95. The van der Waals surface area contributed by atoms with Crippen LogP contribution in [0.25, 0.3) is 0 Å². The maximum absolute atomic E-state index is 11.8. The Bertz CT molecular complexity index is 404. The van der Waals surface area contributed by atoms with E-state index < -0.39 is 9.84 Å². The van der Waals surface area contributed by atoms with Crippen LogP contribution in [-0.2, 0) is 14.6 Å². The van der Waals surface area contributed by atoms with Gasteiger partial charge in [0.15, 0.2) is 0 Å². The Morgan fingerprint density at radius 3 is 2.63 bits per heavy atom. The number of hydrogen-bond acceptors (Lipinski definition) is 5. The number of nitrogens with one attached hydrogen (secondary N) is 1. The molecule has 4 atom stereocenters. The Kier molecular flexibility index (Phi) is 4.55. The van der Waals surface area contributed by atoms with E-state index in [9.17, 15) is 8.42 Å². The molecule has 0 radical (unpaired) electrons. The summed E-state index contributed by atoms with van der Waals surface area (Å²) in [5.74, 6) is 6.02. The molecular weight excluding hydrogens is 264 g/mol. The Balaban J connectivity index is 2.10. The predicted molar refractivity (Wildman–Crippen MR) is 75.3 cm³/mol. The van der Waals surface area contributed by atoms with Gasteiger partial charge >= 0.3 is 0 Å². The number of hydrogen-bond donors (Lipinski definition) is 2. The molecule has 1 saturated carbocycles. The summed E-state index contributed by atoms with van der Waals surface area (Å²) in [5, 5.41) is -0.216. The molecule has 2 rings (SSSR count). The van der Waals surface area contributed by atoms with E-state index in [0.29, 0.717) is 6.42 Å². The van der Waals surface area contributed by atoms with E-state index >= 15 is 0 Å². The molecule has 5 nitrogen and oxygen atoms in total. The number of nitrogens with two attached hydrogens (primary N) is 1. The summed E-state index contributed by atoms with van der Waals surface area (Å²) in [6, 6.07) is 0.0412. The van der Waals surface area contributed by atoms with Crippen molar-refractivity contribution in [3.63, 3.8) is 0 Å². The topological polar surface area (TPSA) is 81.4 Å². The Morgan fingerprint density at radius 1 is 1.37 bits per heavy atom. The minimum absolute atomic E-state index is 0.0412. The van der Waals surface area contributed by atoms with Crippen molar-refractivity contribution in [1.82, 2.24) is 5.43 Å². The summed E-state index contributed by atoms with van der Waals surface area (Å²) < 4.78 is 29.4. The lowest BCUT2D eigenvalue weighted by molar-refractivity contribution is -0.0336. The Hall–Kier alpha value is -0.170. The van der Waals surface area contributed by atoms with Crippen molar-refractivity contribution in [1.29, 1.82) is 0 Å². The quantitative estimate of drug-likeness (QED) is 0.596. The molecule has 3 N–H and O–H groups in total. The van der Waals surface area contributed by atoms with Crippen LogP contribution in [0.4, 0.5) is 0 Å². The van der Waals surface area contributed by atoms with Crippen LogP contribution in [0.3, 0.4) is 0 Å². The standard InChI is InChI=1S/C13H26N2O3S/c1-13(7-4-8-18-13)12(15-14)10-5-3-6-11(9-10)19(2,16)17/h10-12,15H,3-9,14H2,1-2H3. The van der Waals surface area contributed by atoms with Gasteiger partial charge in [0.05, 0.1) is 16.9 Å². The van der Waals surface area contributed by atoms with Gasteiger partial charge in [0, 0.05) is 12.9 Å². The Labute approximate surface area is 116 Å². The summed E-state index contributed by atoms with van der Waals surface area (Å²) in [4.78, 5) is 0. The Morgan fingerprint density at radius 2 is 2.11 bits per heavy atom. The van der Waals surface area contributed by atoms with Crippen LogP contribution in [0.1, 0.15) is 45.4 Å². The highest BCUT2D eigenvalue weighted by Gasteiger charge is 2.44. The van der Waals surface area contributed by atoms with Gasteiger partial charge in [0.1, 0.15) is 9.84 Å². The van der Waals surface area contributed by atoms with Crippen molar-refractivity contribution < 1.29 is 13.2 Å². The fourth-order valence-corrected chi connectivity index (χ4v) is 4.92. The van der Waals surface area contributed by atoms with E-state index in [4.69, 9.17) is 10.6 Å². The zero-order valence-corrected chi connectivity index (χ0v) is 12.7. The van der Waals surface area contributed by atoms with Crippen LogP contribution in [0.15, 0.2) is 0 Å². The van der Waals surface area contributed by atoms with Crippen molar-refractivity contribution in [2.45, 2.75) is 62.3 Å². The minimum Gasteiger partial charge on any atom is -0.374 e. The molecule has 0 bridgehead atoms. The molecule has 4 unspecified atom stereocenters. The van der Waals surface area contributed by atoms with E-state index in [1.54, 1.807) is 0 Å². The number of hydrazine groups is 1. The molecule has 1 aliphatic heterocycles. The summed E-state index contributed by atoms with van der Waals surface area (Å²) in [6.45, 7) is 2.87. The molecule has 0 aromatic rings. The van der Waals surface area contributed by atoms with E-state index in [0.717, 1.165) is 38.7 Å². The molecule has 0 spiro atoms. The van der Waals surface area contributed by atoms with E-state index in [1.807, 2.05) is 0 Å². The van der Waals surface area contributed by atoms with Gasteiger partial charge in [-0.2, -0.15) is 0 Å². The molecular formula is C13H26N2O3S. The van der Waals surface area contributed by atoms with E-state index in [-0.39, 0.29) is 22.8 Å². The number of sulfone groups is 1. The molecule has 2 fully saturated rings. The first-order valence-electron chi connectivity index (χ1n) is 7.16. The van der Waals surface area contributed by atoms with Gasteiger partial charge in [-0.05, 0) is 44.9 Å². The van der Waals surface area contributed by atoms with Gasteiger partial charge in [-0.25, -0.2) is 8.42 Å². The van der Waals surface area contributed by atoms with Crippen molar-refractivity contribution in [3.8, 4) is 0 Å². The maximum Gasteiger partial charge on any atom is 0.150 e. The first-order chi connectivity index (χ1) is 8.87. The SMILES string of the molecule is CC1(C(NN)C2CCCC(S(C)(=O)=O)C2)CCCO1. The smallest absolute Gasteiger partial charge is 0.150 e. The normalized spacial score (nSPS) is 38.3. The van der Waals surface area contributed by atoms with Gasteiger partial charge < -0.3 is 4.74 Å². The second-order valence-corrected chi connectivity index (χ2v) is 8.61. The van der Waals surface area contributed by atoms with Crippen LogP contribution in [0, 0.1) is 5.92 Å². The first-order valence-corrected chi connectivity index (χ1v) is 9.11. The molecule has 0 aromatic carbocycles. The fraction of sp³-hybridized carbons (Fsp3) is 1.00. The summed E-state index contributed by atoms with van der Waals surface area (Å²) >= 11 is 0.